The summed E-state index contributed by atoms with van der Waals surface area (Å²) in [5, 5.41) is 2.57. The number of nitrogens with one attached hydrogen (secondary N) is 1. The molecular weight excluding hydrogens is 321 g/mol. The SMILES string of the molecule is CCOC(=O)NC1C=C(S(=O)(=O)c2ccccc2)CC(F)CC1. The first-order chi connectivity index (χ1) is 10.9. The van der Waals surface area contributed by atoms with Gasteiger partial charge in [-0.15, -0.1) is 0 Å². The highest BCUT2D eigenvalue weighted by molar-refractivity contribution is 7.95. The van der Waals surface area contributed by atoms with Gasteiger partial charge in [0.25, 0.3) is 0 Å². The summed E-state index contributed by atoms with van der Waals surface area (Å²) in [4.78, 5) is 11.6. The molecule has 1 aromatic carbocycles. The number of halogens is 1. The third-order valence-corrected chi connectivity index (χ3v) is 5.46. The van der Waals surface area contributed by atoms with Crippen molar-refractivity contribution < 1.29 is 22.3 Å². The van der Waals surface area contributed by atoms with Crippen LogP contribution in [0.2, 0.25) is 0 Å². The maximum atomic E-state index is 13.9. The summed E-state index contributed by atoms with van der Waals surface area (Å²) in [5.74, 6) is 0. The van der Waals surface area contributed by atoms with Crippen LogP contribution >= 0.6 is 0 Å². The molecule has 2 rings (SSSR count). The lowest BCUT2D eigenvalue weighted by atomic mass is 10.1. The molecule has 0 fully saturated rings. The summed E-state index contributed by atoms with van der Waals surface area (Å²) in [6.07, 6.45) is -0.136. The minimum atomic E-state index is -3.77. The topological polar surface area (TPSA) is 72.5 Å². The second-order valence-corrected chi connectivity index (χ2v) is 7.30. The van der Waals surface area contributed by atoms with Crippen LogP contribution in [0.1, 0.15) is 26.2 Å². The number of benzene rings is 1. The van der Waals surface area contributed by atoms with Crippen molar-refractivity contribution in [2.75, 3.05) is 6.61 Å². The van der Waals surface area contributed by atoms with E-state index in [0.717, 1.165) is 0 Å². The van der Waals surface area contributed by atoms with Crippen molar-refractivity contribution >= 4 is 15.9 Å². The molecule has 0 bridgehead atoms. The molecule has 1 amide bonds. The van der Waals surface area contributed by atoms with E-state index in [2.05, 4.69) is 5.32 Å². The maximum absolute atomic E-state index is 13.9. The van der Waals surface area contributed by atoms with E-state index in [4.69, 9.17) is 4.74 Å². The Balaban J connectivity index is 2.29. The van der Waals surface area contributed by atoms with E-state index >= 15 is 0 Å². The lowest BCUT2D eigenvalue weighted by molar-refractivity contribution is 0.149. The summed E-state index contributed by atoms with van der Waals surface area (Å²) in [6, 6.07) is 7.33. The zero-order chi connectivity index (χ0) is 16.9. The van der Waals surface area contributed by atoms with Gasteiger partial charge in [-0.25, -0.2) is 17.6 Å². The predicted octanol–water partition coefficient (Wildman–Crippen LogP) is 2.98. The quantitative estimate of drug-likeness (QED) is 0.914. The summed E-state index contributed by atoms with van der Waals surface area (Å²) < 4.78 is 44.1. The van der Waals surface area contributed by atoms with Gasteiger partial charge in [-0.2, -0.15) is 0 Å². The molecule has 0 spiro atoms. The highest BCUT2D eigenvalue weighted by Gasteiger charge is 2.28. The van der Waals surface area contributed by atoms with E-state index in [0.29, 0.717) is 6.42 Å². The van der Waals surface area contributed by atoms with Gasteiger partial charge < -0.3 is 10.1 Å². The molecule has 0 aromatic heterocycles. The highest BCUT2D eigenvalue weighted by atomic mass is 32.2. The number of carbonyl (C=O) groups is 1. The number of amides is 1. The van der Waals surface area contributed by atoms with Crippen molar-refractivity contribution in [1.29, 1.82) is 0 Å². The number of carbonyl (C=O) groups excluding carboxylic acids is 1. The van der Waals surface area contributed by atoms with Gasteiger partial charge in [-0.05, 0) is 38.0 Å². The van der Waals surface area contributed by atoms with Crippen molar-refractivity contribution in [2.24, 2.45) is 0 Å². The number of sulfone groups is 1. The predicted molar refractivity (Wildman–Crippen MR) is 84.4 cm³/mol. The molecule has 0 heterocycles. The van der Waals surface area contributed by atoms with Crippen LogP contribution in [0.15, 0.2) is 46.2 Å². The highest BCUT2D eigenvalue weighted by Crippen LogP contribution is 2.29. The fourth-order valence-corrected chi connectivity index (χ4v) is 4.01. The van der Waals surface area contributed by atoms with E-state index in [9.17, 15) is 17.6 Å². The number of alkyl halides is 1. The van der Waals surface area contributed by atoms with Gasteiger partial charge in [0, 0.05) is 6.42 Å². The molecule has 1 aliphatic carbocycles. The van der Waals surface area contributed by atoms with Gasteiger partial charge in [-0.3, -0.25) is 0 Å². The van der Waals surface area contributed by atoms with Gasteiger partial charge in [-0.1, -0.05) is 18.2 Å². The van der Waals surface area contributed by atoms with Gasteiger partial charge in [0.2, 0.25) is 9.84 Å². The molecule has 2 unspecified atom stereocenters. The first kappa shape index (κ1) is 17.5. The molecular formula is C16H20FNO4S. The molecule has 1 aliphatic rings. The second-order valence-electron chi connectivity index (χ2n) is 5.30. The van der Waals surface area contributed by atoms with E-state index in [1.807, 2.05) is 0 Å². The molecule has 5 nitrogen and oxygen atoms in total. The molecule has 0 radical (unpaired) electrons. The van der Waals surface area contributed by atoms with E-state index in [-0.39, 0.29) is 29.2 Å². The average molecular weight is 341 g/mol. The van der Waals surface area contributed by atoms with Crippen molar-refractivity contribution in [3.63, 3.8) is 0 Å². The lowest BCUT2D eigenvalue weighted by Gasteiger charge is -2.14. The van der Waals surface area contributed by atoms with Gasteiger partial charge >= 0.3 is 6.09 Å². The summed E-state index contributed by atoms with van der Waals surface area (Å²) >= 11 is 0. The van der Waals surface area contributed by atoms with Crippen LogP contribution < -0.4 is 5.32 Å². The van der Waals surface area contributed by atoms with Crippen molar-refractivity contribution in [1.82, 2.24) is 5.32 Å². The fourth-order valence-electron chi connectivity index (χ4n) is 2.44. The van der Waals surface area contributed by atoms with E-state index in [1.54, 1.807) is 25.1 Å². The molecule has 23 heavy (non-hydrogen) atoms. The number of alkyl carbamates (subject to hydrolysis) is 1. The first-order valence-corrected chi connectivity index (χ1v) is 9.00. The number of rotatable bonds is 4. The Morgan fingerprint density at radius 1 is 1.30 bits per heavy atom. The van der Waals surface area contributed by atoms with Crippen LogP contribution in [0, 0.1) is 0 Å². The molecule has 0 aliphatic heterocycles. The Labute approximate surface area is 135 Å². The summed E-state index contributed by atoms with van der Waals surface area (Å²) in [6.45, 7) is 1.88. The van der Waals surface area contributed by atoms with Crippen LogP contribution in [0.5, 0.6) is 0 Å². The molecule has 0 saturated heterocycles. The zero-order valence-electron chi connectivity index (χ0n) is 12.9. The second kappa shape index (κ2) is 7.59. The average Bonchev–Trinajstić information content (AvgIpc) is 2.71. The number of hydrogen-bond acceptors (Lipinski definition) is 4. The van der Waals surface area contributed by atoms with Crippen LogP contribution in [-0.2, 0) is 14.6 Å². The first-order valence-electron chi connectivity index (χ1n) is 7.51. The maximum Gasteiger partial charge on any atom is 0.407 e. The largest absolute Gasteiger partial charge is 0.450 e. The van der Waals surface area contributed by atoms with Gasteiger partial charge in [0.05, 0.1) is 22.4 Å². The smallest absolute Gasteiger partial charge is 0.407 e. The van der Waals surface area contributed by atoms with Crippen LogP contribution in [0.4, 0.5) is 9.18 Å². The third-order valence-electron chi connectivity index (χ3n) is 3.58. The standard InChI is InChI=1S/C16H20FNO4S/c1-2-22-16(19)18-13-9-8-12(17)10-15(11-13)23(20,21)14-6-4-3-5-7-14/h3-7,11-13H,2,8-10H2,1H3,(H,18,19). The van der Waals surface area contributed by atoms with Gasteiger partial charge in [0.1, 0.15) is 6.17 Å². The summed E-state index contributed by atoms with van der Waals surface area (Å²) in [5.41, 5.74) is 0. The number of allylic oxidation sites excluding steroid dienone is 1. The van der Waals surface area contributed by atoms with Crippen LogP contribution in [0.3, 0.4) is 0 Å². The van der Waals surface area contributed by atoms with Gasteiger partial charge in [0.15, 0.2) is 0 Å². The molecule has 0 saturated carbocycles. The molecule has 1 N–H and O–H groups in total. The molecule has 2 atom stereocenters. The third kappa shape index (κ3) is 4.54. The minimum Gasteiger partial charge on any atom is -0.450 e. The number of hydrogen-bond donors (Lipinski definition) is 1. The Morgan fingerprint density at radius 2 is 2.00 bits per heavy atom. The molecule has 7 heteroatoms. The zero-order valence-corrected chi connectivity index (χ0v) is 13.7. The summed E-state index contributed by atoms with van der Waals surface area (Å²) in [7, 11) is -3.77. The Kier molecular flexibility index (Phi) is 5.76. The molecule has 1 aromatic rings. The van der Waals surface area contributed by atoms with Crippen molar-refractivity contribution in [3.8, 4) is 0 Å². The Hall–Kier alpha value is -1.89. The van der Waals surface area contributed by atoms with Crippen molar-refractivity contribution in [2.45, 2.75) is 43.3 Å². The monoisotopic (exact) mass is 341 g/mol. The Bertz CT molecular complexity index is 673. The normalized spacial score (nSPS) is 21.9. The minimum absolute atomic E-state index is 0.00417. The van der Waals surface area contributed by atoms with E-state index in [1.165, 1.54) is 18.2 Å². The van der Waals surface area contributed by atoms with Crippen molar-refractivity contribution in [3.05, 3.63) is 41.3 Å². The molecule has 126 valence electrons. The van der Waals surface area contributed by atoms with Crippen LogP contribution in [-0.4, -0.2) is 33.3 Å². The van der Waals surface area contributed by atoms with E-state index < -0.39 is 28.1 Å². The van der Waals surface area contributed by atoms with Crippen LogP contribution in [0.25, 0.3) is 0 Å². The Morgan fingerprint density at radius 3 is 2.65 bits per heavy atom. The lowest BCUT2D eigenvalue weighted by Crippen LogP contribution is -2.34. The fraction of sp³-hybridized carbons (Fsp3) is 0.438. The number of ether oxygens (including phenoxy) is 1.